The van der Waals surface area contributed by atoms with Gasteiger partial charge in [0.15, 0.2) is 5.60 Å². The summed E-state index contributed by atoms with van der Waals surface area (Å²) in [6.45, 7) is 3.96. The summed E-state index contributed by atoms with van der Waals surface area (Å²) < 4.78 is 6.85. The fourth-order valence-corrected chi connectivity index (χ4v) is 5.77. The molecule has 1 atom stereocenters. The van der Waals surface area contributed by atoms with Crippen LogP contribution < -0.4 is 10.9 Å². The molecule has 0 fully saturated rings. The number of carbonyl (C=O) groups is 2. The zero-order valence-electron chi connectivity index (χ0n) is 19.2. The highest BCUT2D eigenvalue weighted by Gasteiger charge is 2.45. The molecular weight excluding hydrogens is 434 g/mol. The fraction of sp³-hybridized carbons (Fsp3) is 0.385. The third kappa shape index (κ3) is 2.75. The van der Waals surface area contributed by atoms with Crippen molar-refractivity contribution in [1.82, 2.24) is 14.9 Å². The largest absolute Gasteiger partial charge is 0.458 e. The number of hydrogen-bond donors (Lipinski definition) is 2. The Hall–Kier alpha value is -3.52. The summed E-state index contributed by atoms with van der Waals surface area (Å²) in [5.74, 6) is -0.785. The molecule has 34 heavy (non-hydrogen) atoms. The number of nitrogens with zero attached hydrogens (tertiary/aromatic N) is 2. The Morgan fingerprint density at radius 1 is 1.21 bits per heavy atom. The van der Waals surface area contributed by atoms with Gasteiger partial charge in [-0.25, -0.2) is 9.78 Å². The lowest BCUT2D eigenvalue weighted by atomic mass is 9.84. The molecule has 2 aromatic heterocycles. The van der Waals surface area contributed by atoms with Gasteiger partial charge in [0.1, 0.15) is 6.61 Å². The zero-order valence-corrected chi connectivity index (χ0v) is 19.2. The van der Waals surface area contributed by atoms with E-state index in [-0.39, 0.29) is 24.5 Å². The first-order chi connectivity index (χ1) is 16.3. The number of nitrogens with one attached hydrogen (secondary N) is 1. The molecule has 0 spiro atoms. The molecule has 174 valence electrons. The normalized spacial score (nSPS) is 19.9. The smallest absolute Gasteiger partial charge is 0.343 e. The van der Waals surface area contributed by atoms with Gasteiger partial charge in [0.2, 0.25) is 5.91 Å². The molecule has 1 amide bonds. The molecule has 3 aliphatic rings. The molecule has 8 nitrogen and oxygen atoms in total. The van der Waals surface area contributed by atoms with Gasteiger partial charge in [-0.1, -0.05) is 13.0 Å². The first-order valence-corrected chi connectivity index (χ1v) is 11.7. The minimum atomic E-state index is -1.83. The van der Waals surface area contributed by atoms with Crippen LogP contribution in [0.3, 0.4) is 0 Å². The number of pyridine rings is 2. The van der Waals surface area contributed by atoms with Crippen molar-refractivity contribution in [1.29, 1.82) is 0 Å². The monoisotopic (exact) mass is 459 g/mol. The Morgan fingerprint density at radius 3 is 2.76 bits per heavy atom. The topological polar surface area (TPSA) is 111 Å². The van der Waals surface area contributed by atoms with Crippen molar-refractivity contribution in [2.45, 2.75) is 64.8 Å². The second-order valence-corrected chi connectivity index (χ2v) is 9.38. The molecule has 6 rings (SSSR count). The number of hydrogen-bond acceptors (Lipinski definition) is 6. The first kappa shape index (κ1) is 21.0. The molecule has 0 saturated heterocycles. The van der Waals surface area contributed by atoms with Gasteiger partial charge in [0.25, 0.3) is 5.56 Å². The van der Waals surface area contributed by atoms with E-state index in [1.165, 1.54) is 18.1 Å². The summed E-state index contributed by atoms with van der Waals surface area (Å²) >= 11 is 0. The predicted octanol–water partition coefficient (Wildman–Crippen LogP) is 2.20. The Kier molecular flexibility index (Phi) is 4.48. The van der Waals surface area contributed by atoms with E-state index >= 15 is 0 Å². The van der Waals surface area contributed by atoms with Gasteiger partial charge in [-0.2, -0.15) is 0 Å². The van der Waals surface area contributed by atoms with Gasteiger partial charge in [0, 0.05) is 30.0 Å². The molecule has 3 aromatic rings. The number of amides is 1. The number of aromatic nitrogens is 2. The van der Waals surface area contributed by atoms with Gasteiger partial charge in [0.05, 0.1) is 29.0 Å². The van der Waals surface area contributed by atoms with Gasteiger partial charge < -0.3 is 19.7 Å². The predicted molar refractivity (Wildman–Crippen MR) is 124 cm³/mol. The maximum absolute atomic E-state index is 13.5. The van der Waals surface area contributed by atoms with Crippen LogP contribution in [0.15, 0.2) is 23.0 Å². The minimum absolute atomic E-state index is 0.0660. The van der Waals surface area contributed by atoms with Crippen molar-refractivity contribution in [2.75, 3.05) is 0 Å². The second-order valence-electron chi connectivity index (χ2n) is 9.38. The number of benzene rings is 1. The molecular formula is C26H25N3O5. The second kappa shape index (κ2) is 7.24. The maximum Gasteiger partial charge on any atom is 0.343 e. The molecule has 0 saturated carbocycles. The fourth-order valence-electron chi connectivity index (χ4n) is 5.77. The van der Waals surface area contributed by atoms with Crippen molar-refractivity contribution in [3.05, 3.63) is 61.9 Å². The third-order valence-corrected chi connectivity index (χ3v) is 7.56. The Bertz CT molecular complexity index is 1490. The molecule has 0 radical (unpaired) electrons. The van der Waals surface area contributed by atoms with E-state index in [4.69, 9.17) is 9.72 Å². The lowest BCUT2D eigenvalue weighted by molar-refractivity contribution is -0.172. The standard InChI is InChI=1S/C26H25N3O5/c1-3-26(33)19-9-21-23-17(11-29(21)24(31)18(19)12-34-25(26)32)16-6-4-5-15-14(10-27-13(2)30)7-8-20(28-23)22(15)16/h7-9,33H,3-6,10-12H2,1-2H3,(H,27,30)/t26-/m0/s1. The number of aliphatic hydroxyl groups is 1. The number of cyclic esters (lactones) is 1. The average Bonchev–Trinajstić information content (AvgIpc) is 3.20. The van der Waals surface area contributed by atoms with Gasteiger partial charge in [-0.15, -0.1) is 0 Å². The maximum atomic E-state index is 13.5. The SMILES string of the molecule is CC[C@@]1(O)C(=O)OCc2c1cc1n(c2=O)Cc2c-1nc1ccc(CNC(C)=O)c3c1c2CCC3. The van der Waals surface area contributed by atoms with Crippen LogP contribution in [0.25, 0.3) is 22.3 Å². The number of ether oxygens (including phenoxy) is 1. The molecule has 8 heteroatoms. The van der Waals surface area contributed by atoms with Gasteiger partial charge in [-0.05, 0) is 54.5 Å². The molecule has 2 N–H and O–H groups in total. The molecule has 1 aliphatic carbocycles. The molecule has 4 heterocycles. The van der Waals surface area contributed by atoms with Gasteiger partial charge >= 0.3 is 5.97 Å². The number of fused-ring (bicyclic) bond motifs is 5. The number of esters is 1. The van der Waals surface area contributed by atoms with Crippen LogP contribution >= 0.6 is 0 Å². The highest BCUT2D eigenvalue weighted by molar-refractivity contribution is 5.92. The lowest BCUT2D eigenvalue weighted by Crippen LogP contribution is -2.44. The summed E-state index contributed by atoms with van der Waals surface area (Å²) in [5, 5.41) is 15.1. The van der Waals surface area contributed by atoms with Crippen molar-refractivity contribution in [3.63, 3.8) is 0 Å². The molecule has 2 aliphatic heterocycles. The van der Waals surface area contributed by atoms with Crippen molar-refractivity contribution < 1.29 is 19.4 Å². The number of rotatable bonds is 3. The molecule has 0 unspecified atom stereocenters. The Balaban J connectivity index is 1.58. The van der Waals surface area contributed by atoms with Crippen LogP contribution in [-0.2, 0) is 52.5 Å². The Labute approximate surface area is 195 Å². The van der Waals surface area contributed by atoms with Crippen molar-refractivity contribution in [2.24, 2.45) is 0 Å². The third-order valence-electron chi connectivity index (χ3n) is 7.56. The van der Waals surface area contributed by atoms with Gasteiger partial charge in [-0.3, -0.25) is 9.59 Å². The van der Waals surface area contributed by atoms with Crippen LogP contribution in [0.4, 0.5) is 0 Å². The van der Waals surface area contributed by atoms with E-state index < -0.39 is 11.6 Å². The summed E-state index contributed by atoms with van der Waals surface area (Å²) in [4.78, 5) is 42.3. The van der Waals surface area contributed by atoms with E-state index in [9.17, 15) is 19.5 Å². The molecule has 1 aromatic carbocycles. The van der Waals surface area contributed by atoms with E-state index in [1.54, 1.807) is 17.6 Å². The highest BCUT2D eigenvalue weighted by atomic mass is 16.6. The van der Waals surface area contributed by atoms with E-state index in [0.717, 1.165) is 47.0 Å². The number of carbonyl (C=O) groups excluding carboxylic acids is 2. The quantitative estimate of drug-likeness (QED) is 0.455. The van der Waals surface area contributed by atoms with Crippen LogP contribution in [0.1, 0.15) is 60.1 Å². The zero-order chi connectivity index (χ0) is 23.8. The van der Waals surface area contributed by atoms with Crippen LogP contribution in [0.2, 0.25) is 0 Å². The summed E-state index contributed by atoms with van der Waals surface area (Å²) in [6.07, 6.45) is 2.91. The molecule has 0 bridgehead atoms. The van der Waals surface area contributed by atoms with E-state index in [0.29, 0.717) is 29.9 Å². The van der Waals surface area contributed by atoms with Crippen LogP contribution in [0.5, 0.6) is 0 Å². The Morgan fingerprint density at radius 2 is 2.00 bits per heavy atom. The van der Waals surface area contributed by atoms with E-state index in [1.807, 2.05) is 12.1 Å². The number of aryl methyl sites for hydroxylation is 2. The summed E-state index contributed by atoms with van der Waals surface area (Å²) in [6, 6.07) is 5.75. The van der Waals surface area contributed by atoms with Crippen molar-refractivity contribution >= 4 is 22.8 Å². The average molecular weight is 460 g/mol. The minimum Gasteiger partial charge on any atom is -0.458 e. The summed E-state index contributed by atoms with van der Waals surface area (Å²) in [5.41, 5.74) is 5.35. The van der Waals surface area contributed by atoms with Crippen LogP contribution in [-0.4, -0.2) is 26.5 Å². The lowest BCUT2D eigenvalue weighted by Gasteiger charge is -2.31. The summed E-state index contributed by atoms with van der Waals surface area (Å²) in [7, 11) is 0. The first-order valence-electron chi connectivity index (χ1n) is 11.7. The van der Waals surface area contributed by atoms with Crippen LogP contribution in [0, 0.1) is 0 Å². The van der Waals surface area contributed by atoms with E-state index in [2.05, 4.69) is 5.32 Å². The highest BCUT2D eigenvalue weighted by Crippen LogP contribution is 2.42. The van der Waals surface area contributed by atoms with Crippen molar-refractivity contribution in [3.8, 4) is 11.4 Å².